The highest BCUT2D eigenvalue weighted by Gasteiger charge is 2.13. The average Bonchev–Trinajstić information content (AvgIpc) is 2.49. The number of hydrogen-bond acceptors (Lipinski definition) is 3. The number of aromatic nitrogens is 1. The van der Waals surface area contributed by atoms with Crippen LogP contribution < -0.4 is 5.73 Å². The minimum Gasteiger partial charge on any atom is -0.367 e. The Kier molecular flexibility index (Phi) is 2.64. The molecule has 0 aliphatic carbocycles. The summed E-state index contributed by atoms with van der Waals surface area (Å²) >= 11 is 2.05. The molecule has 15 heavy (non-hydrogen) atoms. The number of benzene rings is 1. The minimum atomic E-state index is -0.266. The summed E-state index contributed by atoms with van der Waals surface area (Å²) in [6.45, 7) is 1.82. The summed E-state index contributed by atoms with van der Waals surface area (Å²) in [5, 5.41) is 3.85. The fourth-order valence-corrected chi connectivity index (χ4v) is 2.01. The molecule has 0 saturated carbocycles. The molecule has 3 nitrogen and oxygen atoms in total. The van der Waals surface area contributed by atoms with Gasteiger partial charge in [0.25, 0.3) is 0 Å². The van der Waals surface area contributed by atoms with E-state index in [0.29, 0.717) is 11.6 Å². The molecule has 2 aromatic rings. The van der Waals surface area contributed by atoms with E-state index in [4.69, 9.17) is 10.3 Å². The van der Waals surface area contributed by atoms with E-state index < -0.39 is 0 Å². The fourth-order valence-electron chi connectivity index (χ4n) is 1.28. The second kappa shape index (κ2) is 3.80. The summed E-state index contributed by atoms with van der Waals surface area (Å²) in [7, 11) is 0. The Bertz CT molecular complexity index is 510. The molecule has 0 atom stereocenters. The average molecular weight is 318 g/mol. The molecule has 0 radical (unpaired) electrons. The van der Waals surface area contributed by atoms with E-state index in [2.05, 4.69) is 27.7 Å². The summed E-state index contributed by atoms with van der Waals surface area (Å²) in [5.74, 6) is 0.0300. The summed E-state index contributed by atoms with van der Waals surface area (Å²) < 4.78 is 18.5. The van der Waals surface area contributed by atoms with Gasteiger partial charge in [0.2, 0.25) is 5.88 Å². The largest absolute Gasteiger partial charge is 0.367 e. The molecule has 0 aliphatic rings. The zero-order valence-corrected chi connectivity index (χ0v) is 10.1. The van der Waals surface area contributed by atoms with E-state index in [1.165, 1.54) is 12.1 Å². The molecule has 2 N–H and O–H groups in total. The molecule has 0 bridgehead atoms. The second-order valence-corrected chi connectivity index (χ2v) is 4.31. The van der Waals surface area contributed by atoms with Gasteiger partial charge in [-0.25, -0.2) is 4.39 Å². The first-order valence-corrected chi connectivity index (χ1v) is 5.34. The van der Waals surface area contributed by atoms with Crippen LogP contribution in [0, 0.1) is 16.3 Å². The van der Waals surface area contributed by atoms with E-state index in [0.717, 1.165) is 14.7 Å². The van der Waals surface area contributed by atoms with Crippen molar-refractivity contribution >= 4 is 28.5 Å². The maximum absolute atomic E-state index is 12.9. The number of nitrogens with two attached hydrogens (primary N) is 1. The molecule has 0 amide bonds. The Labute approximate surface area is 99.6 Å². The van der Waals surface area contributed by atoms with E-state index in [1.807, 2.05) is 6.92 Å². The molecule has 0 fully saturated rings. The van der Waals surface area contributed by atoms with Gasteiger partial charge in [0, 0.05) is 14.7 Å². The highest BCUT2D eigenvalue weighted by molar-refractivity contribution is 14.1. The third kappa shape index (κ3) is 1.83. The zero-order chi connectivity index (χ0) is 11.0. The third-order valence-electron chi connectivity index (χ3n) is 2.15. The topological polar surface area (TPSA) is 52.0 Å². The van der Waals surface area contributed by atoms with Crippen molar-refractivity contribution in [1.82, 2.24) is 5.16 Å². The van der Waals surface area contributed by atoms with Gasteiger partial charge in [-0.2, -0.15) is 0 Å². The van der Waals surface area contributed by atoms with Gasteiger partial charge < -0.3 is 10.3 Å². The van der Waals surface area contributed by atoms with Crippen LogP contribution in [-0.2, 0) is 0 Å². The van der Waals surface area contributed by atoms with E-state index in [9.17, 15) is 4.39 Å². The van der Waals surface area contributed by atoms with Crippen molar-refractivity contribution in [3.8, 4) is 11.3 Å². The van der Waals surface area contributed by atoms with Crippen LogP contribution in [0.2, 0.25) is 0 Å². The zero-order valence-electron chi connectivity index (χ0n) is 7.92. The number of halogens is 2. The predicted octanol–water partition coefficient (Wildman–Crippen LogP) is 2.98. The lowest BCUT2D eigenvalue weighted by molar-refractivity contribution is 0.439. The maximum atomic E-state index is 12.9. The molecule has 78 valence electrons. The number of hydrogen-bond donors (Lipinski definition) is 1. The molecule has 0 unspecified atom stereocenters. The van der Waals surface area contributed by atoms with Gasteiger partial charge in [0.1, 0.15) is 11.5 Å². The van der Waals surface area contributed by atoms with Crippen LogP contribution in [0.3, 0.4) is 0 Å². The molecule has 2 rings (SSSR count). The van der Waals surface area contributed by atoms with Crippen LogP contribution in [0.25, 0.3) is 11.3 Å². The summed E-state index contributed by atoms with van der Waals surface area (Å²) in [6, 6.07) is 4.50. The molecular weight excluding hydrogens is 310 g/mol. The van der Waals surface area contributed by atoms with Gasteiger partial charge in [0.05, 0.1) is 0 Å². The molecule has 1 heterocycles. The Morgan fingerprint density at radius 3 is 2.73 bits per heavy atom. The minimum absolute atomic E-state index is 0.266. The third-order valence-corrected chi connectivity index (χ3v) is 3.04. The molecule has 1 aromatic heterocycles. The van der Waals surface area contributed by atoms with Crippen molar-refractivity contribution in [1.29, 1.82) is 0 Å². The smallest absolute Gasteiger partial charge is 0.225 e. The van der Waals surface area contributed by atoms with Crippen LogP contribution in [0.15, 0.2) is 22.7 Å². The van der Waals surface area contributed by atoms with Gasteiger partial charge >= 0.3 is 0 Å². The molecule has 0 aliphatic heterocycles. The van der Waals surface area contributed by atoms with Gasteiger partial charge in [-0.3, -0.25) is 0 Å². The van der Waals surface area contributed by atoms with Crippen molar-refractivity contribution in [2.24, 2.45) is 0 Å². The second-order valence-electron chi connectivity index (χ2n) is 3.14. The van der Waals surface area contributed by atoms with Crippen molar-refractivity contribution in [2.45, 2.75) is 6.92 Å². The first-order chi connectivity index (χ1) is 7.09. The predicted molar refractivity (Wildman–Crippen MR) is 63.8 cm³/mol. The Morgan fingerprint density at radius 1 is 1.47 bits per heavy atom. The Hall–Kier alpha value is -1.11. The van der Waals surface area contributed by atoms with Gasteiger partial charge in [-0.15, -0.1) is 0 Å². The Morgan fingerprint density at radius 2 is 2.20 bits per heavy atom. The summed E-state index contributed by atoms with van der Waals surface area (Å²) in [5.41, 5.74) is 7.82. The van der Waals surface area contributed by atoms with Crippen molar-refractivity contribution in [3.63, 3.8) is 0 Å². The van der Waals surface area contributed by atoms with Crippen LogP contribution in [-0.4, -0.2) is 5.16 Å². The number of nitrogen functional groups attached to an aromatic ring is 1. The lowest BCUT2D eigenvalue weighted by Crippen LogP contribution is -1.88. The van der Waals surface area contributed by atoms with Gasteiger partial charge in [0.15, 0.2) is 0 Å². The quantitative estimate of drug-likeness (QED) is 0.823. The van der Waals surface area contributed by atoms with Gasteiger partial charge in [-0.05, 0) is 47.7 Å². The molecular formula is C10H8FIN2O. The van der Waals surface area contributed by atoms with Crippen LogP contribution in [0.1, 0.15) is 5.56 Å². The SMILES string of the molecule is Cc1c(-c2ccc(F)cc2I)noc1N. The molecule has 0 saturated heterocycles. The van der Waals surface area contributed by atoms with Crippen molar-refractivity contribution in [3.05, 3.63) is 33.1 Å². The maximum Gasteiger partial charge on any atom is 0.225 e. The van der Waals surface area contributed by atoms with E-state index >= 15 is 0 Å². The van der Waals surface area contributed by atoms with Crippen LogP contribution in [0.4, 0.5) is 10.3 Å². The number of anilines is 1. The first kappa shape index (κ1) is 10.4. The van der Waals surface area contributed by atoms with Crippen molar-refractivity contribution < 1.29 is 8.91 Å². The number of rotatable bonds is 1. The molecule has 0 spiro atoms. The number of nitrogens with zero attached hydrogens (tertiary/aromatic N) is 1. The van der Waals surface area contributed by atoms with Gasteiger partial charge in [-0.1, -0.05) is 5.16 Å². The van der Waals surface area contributed by atoms with E-state index in [1.54, 1.807) is 6.07 Å². The van der Waals surface area contributed by atoms with Crippen molar-refractivity contribution in [2.75, 3.05) is 5.73 Å². The normalized spacial score (nSPS) is 10.6. The summed E-state index contributed by atoms with van der Waals surface area (Å²) in [4.78, 5) is 0. The lowest BCUT2D eigenvalue weighted by atomic mass is 10.1. The fraction of sp³-hybridized carbons (Fsp3) is 0.100. The van der Waals surface area contributed by atoms with Crippen LogP contribution >= 0.6 is 22.6 Å². The highest BCUT2D eigenvalue weighted by Crippen LogP contribution is 2.29. The lowest BCUT2D eigenvalue weighted by Gasteiger charge is -2.01. The molecule has 5 heteroatoms. The van der Waals surface area contributed by atoms with Crippen LogP contribution in [0.5, 0.6) is 0 Å². The molecule has 1 aromatic carbocycles. The highest BCUT2D eigenvalue weighted by atomic mass is 127. The standard InChI is InChI=1S/C10H8FIN2O/c1-5-9(14-15-10(5)13)7-3-2-6(11)4-8(7)12/h2-4H,13H2,1H3. The Balaban J connectivity index is 2.59. The monoisotopic (exact) mass is 318 g/mol. The summed E-state index contributed by atoms with van der Waals surface area (Å²) in [6.07, 6.45) is 0. The van der Waals surface area contributed by atoms with E-state index in [-0.39, 0.29) is 5.82 Å². The first-order valence-electron chi connectivity index (χ1n) is 4.26.